The van der Waals surface area contributed by atoms with Crippen molar-refractivity contribution in [2.75, 3.05) is 13.2 Å². The van der Waals surface area contributed by atoms with Gasteiger partial charge in [-0.05, 0) is 45.1 Å². The molecule has 15 heavy (non-hydrogen) atoms. The van der Waals surface area contributed by atoms with Crippen LogP contribution in [0.2, 0.25) is 0 Å². The Bertz CT molecular complexity index is 198. The van der Waals surface area contributed by atoms with Crippen LogP contribution in [0.1, 0.15) is 44.9 Å². The van der Waals surface area contributed by atoms with Gasteiger partial charge in [0.25, 0.3) is 0 Å². The van der Waals surface area contributed by atoms with Gasteiger partial charge in [-0.3, -0.25) is 4.90 Å². The van der Waals surface area contributed by atoms with E-state index in [1.54, 1.807) is 0 Å². The molecule has 3 atom stereocenters. The molecule has 0 aromatic heterocycles. The van der Waals surface area contributed by atoms with Crippen molar-refractivity contribution in [3.05, 3.63) is 0 Å². The van der Waals surface area contributed by atoms with Crippen LogP contribution in [0.5, 0.6) is 0 Å². The van der Waals surface area contributed by atoms with Gasteiger partial charge in [0.2, 0.25) is 0 Å². The van der Waals surface area contributed by atoms with E-state index in [9.17, 15) is 10.2 Å². The van der Waals surface area contributed by atoms with Crippen molar-refractivity contribution in [2.45, 2.75) is 63.1 Å². The SMILES string of the molecule is OCC1CCCCN1C1CCCC(O)C1. The summed E-state index contributed by atoms with van der Waals surface area (Å²) in [6.45, 7) is 1.40. The Morgan fingerprint density at radius 3 is 2.67 bits per heavy atom. The van der Waals surface area contributed by atoms with Crippen LogP contribution in [0.3, 0.4) is 0 Å². The van der Waals surface area contributed by atoms with E-state index in [2.05, 4.69) is 4.90 Å². The van der Waals surface area contributed by atoms with Crippen molar-refractivity contribution < 1.29 is 10.2 Å². The van der Waals surface area contributed by atoms with Crippen LogP contribution in [0, 0.1) is 0 Å². The van der Waals surface area contributed by atoms with Gasteiger partial charge in [0, 0.05) is 12.1 Å². The molecule has 1 heterocycles. The zero-order chi connectivity index (χ0) is 10.7. The highest BCUT2D eigenvalue weighted by Gasteiger charge is 2.31. The van der Waals surface area contributed by atoms with Crippen molar-refractivity contribution >= 4 is 0 Å². The number of likely N-dealkylation sites (tertiary alicyclic amines) is 1. The number of hydrogen-bond acceptors (Lipinski definition) is 3. The molecule has 2 rings (SSSR count). The largest absolute Gasteiger partial charge is 0.395 e. The third-order valence-electron chi connectivity index (χ3n) is 3.97. The third-order valence-corrected chi connectivity index (χ3v) is 3.97. The summed E-state index contributed by atoms with van der Waals surface area (Å²) in [5.41, 5.74) is 0. The fourth-order valence-corrected chi connectivity index (χ4v) is 3.14. The normalized spacial score (nSPS) is 39.2. The second kappa shape index (κ2) is 5.28. The van der Waals surface area contributed by atoms with Gasteiger partial charge in [-0.1, -0.05) is 6.42 Å². The minimum absolute atomic E-state index is 0.106. The van der Waals surface area contributed by atoms with Crippen LogP contribution >= 0.6 is 0 Å². The molecule has 0 radical (unpaired) electrons. The van der Waals surface area contributed by atoms with Crippen LogP contribution in [0.4, 0.5) is 0 Å². The highest BCUT2D eigenvalue weighted by molar-refractivity contribution is 4.86. The average Bonchev–Trinajstić information content (AvgIpc) is 2.29. The molecule has 2 aliphatic rings. The van der Waals surface area contributed by atoms with Gasteiger partial charge in [0.1, 0.15) is 0 Å². The Kier molecular flexibility index (Phi) is 4.00. The lowest BCUT2D eigenvalue weighted by Gasteiger charge is -2.43. The summed E-state index contributed by atoms with van der Waals surface area (Å²) in [5.74, 6) is 0. The predicted molar refractivity (Wildman–Crippen MR) is 59.7 cm³/mol. The van der Waals surface area contributed by atoms with E-state index in [4.69, 9.17) is 0 Å². The topological polar surface area (TPSA) is 43.7 Å². The average molecular weight is 213 g/mol. The predicted octanol–water partition coefficient (Wildman–Crippen LogP) is 1.14. The molecule has 0 bridgehead atoms. The van der Waals surface area contributed by atoms with Crippen molar-refractivity contribution in [3.63, 3.8) is 0 Å². The summed E-state index contributed by atoms with van der Waals surface area (Å²) in [5, 5.41) is 19.0. The van der Waals surface area contributed by atoms with Crippen LogP contribution in [-0.4, -0.2) is 46.5 Å². The Morgan fingerprint density at radius 1 is 1.07 bits per heavy atom. The fourth-order valence-electron chi connectivity index (χ4n) is 3.14. The first-order valence-electron chi connectivity index (χ1n) is 6.36. The highest BCUT2D eigenvalue weighted by atomic mass is 16.3. The number of aliphatic hydroxyl groups excluding tert-OH is 2. The molecule has 88 valence electrons. The molecule has 1 saturated carbocycles. The van der Waals surface area contributed by atoms with E-state index < -0.39 is 0 Å². The summed E-state index contributed by atoms with van der Waals surface area (Å²) in [6, 6.07) is 0.875. The molecule has 3 nitrogen and oxygen atoms in total. The van der Waals surface area contributed by atoms with Crippen LogP contribution in [0.15, 0.2) is 0 Å². The lowest BCUT2D eigenvalue weighted by Crippen LogP contribution is -2.50. The third kappa shape index (κ3) is 2.71. The van der Waals surface area contributed by atoms with Crippen molar-refractivity contribution in [1.29, 1.82) is 0 Å². The number of nitrogens with zero attached hydrogens (tertiary/aromatic N) is 1. The second-order valence-corrected chi connectivity index (χ2v) is 5.04. The molecule has 0 aromatic rings. The molecule has 2 N–H and O–H groups in total. The summed E-state index contributed by atoms with van der Waals surface area (Å²) < 4.78 is 0. The lowest BCUT2D eigenvalue weighted by atomic mass is 9.89. The monoisotopic (exact) mass is 213 g/mol. The van der Waals surface area contributed by atoms with Gasteiger partial charge in [-0.2, -0.15) is 0 Å². The molecule has 3 unspecified atom stereocenters. The van der Waals surface area contributed by atoms with E-state index in [1.807, 2.05) is 0 Å². The molecule has 2 fully saturated rings. The Labute approximate surface area is 92.1 Å². The van der Waals surface area contributed by atoms with E-state index in [0.29, 0.717) is 12.1 Å². The Hall–Kier alpha value is -0.120. The van der Waals surface area contributed by atoms with Crippen LogP contribution < -0.4 is 0 Å². The lowest BCUT2D eigenvalue weighted by molar-refractivity contribution is 0.00626. The first-order chi connectivity index (χ1) is 7.31. The fraction of sp³-hybridized carbons (Fsp3) is 1.00. The minimum Gasteiger partial charge on any atom is -0.395 e. The van der Waals surface area contributed by atoms with E-state index in [-0.39, 0.29) is 12.7 Å². The zero-order valence-electron chi connectivity index (χ0n) is 9.44. The van der Waals surface area contributed by atoms with E-state index in [1.165, 1.54) is 19.3 Å². The number of rotatable bonds is 2. The van der Waals surface area contributed by atoms with Gasteiger partial charge in [0.15, 0.2) is 0 Å². The molecular formula is C12H23NO2. The summed E-state index contributed by atoms with van der Waals surface area (Å²) >= 11 is 0. The standard InChI is InChI=1S/C12H23NO2/c14-9-11-4-1-2-7-13(11)10-5-3-6-12(15)8-10/h10-12,14-15H,1-9H2. The van der Waals surface area contributed by atoms with E-state index in [0.717, 1.165) is 32.2 Å². The van der Waals surface area contributed by atoms with Gasteiger partial charge in [0.05, 0.1) is 12.7 Å². The van der Waals surface area contributed by atoms with Crippen molar-refractivity contribution in [1.82, 2.24) is 4.90 Å². The maximum Gasteiger partial charge on any atom is 0.0586 e. The Balaban J connectivity index is 1.94. The smallest absolute Gasteiger partial charge is 0.0586 e. The molecular weight excluding hydrogens is 190 g/mol. The molecule has 1 saturated heterocycles. The second-order valence-electron chi connectivity index (χ2n) is 5.04. The van der Waals surface area contributed by atoms with Crippen LogP contribution in [0.25, 0.3) is 0 Å². The summed E-state index contributed by atoms with van der Waals surface area (Å²) in [6.07, 6.45) is 7.74. The number of piperidine rings is 1. The van der Waals surface area contributed by atoms with Gasteiger partial charge >= 0.3 is 0 Å². The minimum atomic E-state index is -0.106. The van der Waals surface area contributed by atoms with Crippen LogP contribution in [-0.2, 0) is 0 Å². The molecule has 0 spiro atoms. The van der Waals surface area contributed by atoms with Crippen molar-refractivity contribution in [3.8, 4) is 0 Å². The maximum absolute atomic E-state index is 9.68. The summed E-state index contributed by atoms with van der Waals surface area (Å²) in [7, 11) is 0. The van der Waals surface area contributed by atoms with E-state index >= 15 is 0 Å². The molecule has 0 aromatic carbocycles. The zero-order valence-corrected chi connectivity index (χ0v) is 9.44. The number of aliphatic hydroxyl groups is 2. The first-order valence-corrected chi connectivity index (χ1v) is 6.36. The maximum atomic E-state index is 9.68. The quantitative estimate of drug-likeness (QED) is 0.723. The highest BCUT2D eigenvalue weighted by Crippen LogP contribution is 2.28. The molecule has 1 aliphatic carbocycles. The molecule has 0 amide bonds. The van der Waals surface area contributed by atoms with Crippen molar-refractivity contribution in [2.24, 2.45) is 0 Å². The molecule has 3 heteroatoms. The summed E-state index contributed by atoms with van der Waals surface area (Å²) in [4.78, 5) is 2.45. The Morgan fingerprint density at radius 2 is 1.93 bits per heavy atom. The first kappa shape index (κ1) is 11.4. The van der Waals surface area contributed by atoms with Gasteiger partial charge in [-0.25, -0.2) is 0 Å². The molecule has 1 aliphatic heterocycles. The number of hydrogen-bond donors (Lipinski definition) is 2. The van der Waals surface area contributed by atoms with Gasteiger partial charge in [-0.15, -0.1) is 0 Å². The van der Waals surface area contributed by atoms with Gasteiger partial charge < -0.3 is 10.2 Å².